The fourth-order valence-electron chi connectivity index (χ4n) is 8.63. The minimum atomic E-state index is -0.353. The van der Waals surface area contributed by atoms with E-state index in [4.69, 9.17) is 0 Å². The Labute approximate surface area is 228 Å². The lowest BCUT2D eigenvalue weighted by atomic mass is 9.70. The summed E-state index contributed by atoms with van der Waals surface area (Å²) in [4.78, 5) is 43.0. The highest BCUT2D eigenvalue weighted by Gasteiger charge is 2.49. The van der Waals surface area contributed by atoms with Crippen LogP contribution in [0.1, 0.15) is 55.7 Å². The Morgan fingerprint density at radius 1 is 1.08 bits per heavy atom. The highest BCUT2D eigenvalue weighted by molar-refractivity contribution is 5.82. The van der Waals surface area contributed by atoms with Gasteiger partial charge in [0.25, 0.3) is 11.2 Å². The van der Waals surface area contributed by atoms with Crippen LogP contribution in [0.25, 0.3) is 0 Å². The van der Waals surface area contributed by atoms with E-state index in [9.17, 15) is 19.7 Å². The van der Waals surface area contributed by atoms with E-state index in [1.165, 1.54) is 38.8 Å². The van der Waals surface area contributed by atoms with Crippen LogP contribution in [0.15, 0.2) is 41.2 Å². The lowest BCUT2D eigenvalue weighted by Crippen LogP contribution is -2.61. The number of pyridine rings is 1. The quantitative estimate of drug-likeness (QED) is 0.480. The molecule has 1 aromatic heterocycles. The molecular weight excluding hydrogens is 494 g/mol. The molecule has 5 aliphatic rings. The summed E-state index contributed by atoms with van der Waals surface area (Å²) < 4.78 is 1.91. The molecule has 1 aromatic carbocycles. The molecule has 206 valence electrons. The molecule has 2 bridgehead atoms. The number of anilines is 1. The Hall–Kier alpha value is -3.20. The number of nitro benzene ring substituents is 1. The van der Waals surface area contributed by atoms with E-state index in [1.54, 1.807) is 18.2 Å². The summed E-state index contributed by atoms with van der Waals surface area (Å²) in [5.74, 6) is 0.585. The van der Waals surface area contributed by atoms with Gasteiger partial charge < -0.3 is 19.7 Å². The van der Waals surface area contributed by atoms with Gasteiger partial charge in [0.1, 0.15) is 0 Å². The Morgan fingerprint density at radius 3 is 2.82 bits per heavy atom. The van der Waals surface area contributed by atoms with Crippen LogP contribution in [0.4, 0.5) is 11.4 Å². The first-order valence-corrected chi connectivity index (χ1v) is 14.7. The third kappa shape index (κ3) is 4.26. The van der Waals surface area contributed by atoms with E-state index in [0.717, 1.165) is 29.8 Å². The molecule has 0 spiro atoms. The molecule has 5 aliphatic heterocycles. The summed E-state index contributed by atoms with van der Waals surface area (Å²) in [6, 6.07) is 11.2. The molecule has 0 radical (unpaired) electrons. The van der Waals surface area contributed by atoms with Crippen LogP contribution in [0.2, 0.25) is 0 Å². The first-order chi connectivity index (χ1) is 19.0. The van der Waals surface area contributed by atoms with Crippen LogP contribution >= 0.6 is 0 Å². The lowest BCUT2D eigenvalue weighted by molar-refractivity contribution is -0.384. The Bertz CT molecular complexity index is 1360. The molecular formula is C30H37N5O4. The number of hydrogen-bond donors (Lipinski definition) is 1. The van der Waals surface area contributed by atoms with E-state index in [2.05, 4.69) is 15.1 Å². The van der Waals surface area contributed by atoms with Gasteiger partial charge in [0.15, 0.2) is 0 Å². The number of amides is 1. The zero-order valence-corrected chi connectivity index (χ0v) is 22.3. The van der Waals surface area contributed by atoms with Crippen LogP contribution in [0, 0.1) is 27.9 Å². The van der Waals surface area contributed by atoms with Gasteiger partial charge in [-0.3, -0.25) is 19.7 Å². The van der Waals surface area contributed by atoms with Gasteiger partial charge in [-0.25, -0.2) is 0 Å². The molecule has 2 aromatic rings. The number of carbonyl (C=O) groups is 1. The number of piperidine rings is 3. The van der Waals surface area contributed by atoms with Crippen molar-refractivity contribution in [2.24, 2.45) is 17.8 Å². The number of nitro groups is 1. The summed E-state index contributed by atoms with van der Waals surface area (Å²) in [5, 5.41) is 14.9. The van der Waals surface area contributed by atoms with E-state index >= 15 is 0 Å². The third-order valence-electron chi connectivity index (χ3n) is 10.3. The molecule has 0 saturated carbocycles. The maximum atomic E-state index is 14.0. The first-order valence-electron chi connectivity index (χ1n) is 14.7. The molecule has 3 saturated heterocycles. The second kappa shape index (κ2) is 9.77. The van der Waals surface area contributed by atoms with Gasteiger partial charge in [-0.15, -0.1) is 0 Å². The Kier molecular flexibility index (Phi) is 6.21. The second-order valence-electron chi connectivity index (χ2n) is 12.4. The minimum Gasteiger partial charge on any atom is -0.366 e. The number of fused-ring (bicyclic) bond motifs is 9. The fraction of sp³-hybridized carbons (Fsp3) is 0.600. The highest BCUT2D eigenvalue weighted by atomic mass is 16.6. The van der Waals surface area contributed by atoms with E-state index in [-0.39, 0.29) is 45.9 Å². The van der Waals surface area contributed by atoms with Gasteiger partial charge in [-0.05, 0) is 81.1 Å². The van der Waals surface area contributed by atoms with Gasteiger partial charge in [-0.2, -0.15) is 0 Å². The van der Waals surface area contributed by atoms with E-state index < -0.39 is 0 Å². The van der Waals surface area contributed by atoms with Crippen molar-refractivity contribution >= 4 is 17.3 Å². The summed E-state index contributed by atoms with van der Waals surface area (Å²) in [7, 11) is 0. The zero-order valence-electron chi connectivity index (χ0n) is 22.3. The normalized spacial score (nSPS) is 31.3. The van der Waals surface area contributed by atoms with Crippen LogP contribution in [-0.4, -0.2) is 58.6 Å². The minimum absolute atomic E-state index is 0.0258. The molecule has 1 amide bonds. The van der Waals surface area contributed by atoms with E-state index in [0.29, 0.717) is 38.0 Å². The molecule has 7 rings (SSSR count). The number of nitrogens with one attached hydrogen (secondary N) is 1. The molecule has 3 fully saturated rings. The predicted octanol–water partition coefficient (Wildman–Crippen LogP) is 3.30. The van der Waals surface area contributed by atoms with E-state index in [1.807, 2.05) is 22.8 Å². The Balaban J connectivity index is 1.19. The van der Waals surface area contributed by atoms with Crippen molar-refractivity contribution in [3.8, 4) is 0 Å². The highest BCUT2D eigenvalue weighted by Crippen LogP contribution is 2.47. The van der Waals surface area contributed by atoms with Crippen LogP contribution < -0.4 is 15.8 Å². The third-order valence-corrected chi connectivity index (χ3v) is 10.3. The first kappa shape index (κ1) is 24.8. The SMILES string of the molecule is O=C(NC[C@@H]1CCCN2CCCC[C@H]12)[C@@H]1Cc2cc([N+](=O)[O-])ccc2N2CC3CC(Cn4c3cccc4=O)[C@@H]12. The van der Waals surface area contributed by atoms with Gasteiger partial charge in [0.2, 0.25) is 5.91 Å². The molecule has 9 heteroatoms. The summed E-state index contributed by atoms with van der Waals surface area (Å²) in [6.45, 7) is 4.36. The number of non-ortho nitro benzene ring substituents is 1. The van der Waals surface area contributed by atoms with Crippen LogP contribution in [-0.2, 0) is 17.8 Å². The molecule has 1 N–H and O–H groups in total. The van der Waals surface area contributed by atoms with Crippen molar-refractivity contribution in [3.05, 3.63) is 68.1 Å². The van der Waals surface area contributed by atoms with Crippen molar-refractivity contribution in [3.63, 3.8) is 0 Å². The maximum absolute atomic E-state index is 14.0. The number of nitrogens with zero attached hydrogens (tertiary/aromatic N) is 4. The van der Waals surface area contributed by atoms with Gasteiger partial charge in [0, 0.05) is 67.2 Å². The summed E-state index contributed by atoms with van der Waals surface area (Å²) in [5.41, 5.74) is 3.03. The number of rotatable bonds is 4. The Morgan fingerprint density at radius 2 is 1.95 bits per heavy atom. The summed E-state index contributed by atoms with van der Waals surface area (Å²) in [6.07, 6.45) is 7.54. The zero-order chi connectivity index (χ0) is 26.7. The molecule has 39 heavy (non-hydrogen) atoms. The smallest absolute Gasteiger partial charge is 0.269 e. The summed E-state index contributed by atoms with van der Waals surface area (Å²) >= 11 is 0. The van der Waals surface area contributed by atoms with Gasteiger partial charge in [-0.1, -0.05) is 12.5 Å². The number of hydrogen-bond acceptors (Lipinski definition) is 6. The number of carbonyl (C=O) groups excluding carboxylic acids is 1. The average Bonchev–Trinajstić information content (AvgIpc) is 2.95. The monoisotopic (exact) mass is 531 g/mol. The number of benzene rings is 1. The topological polar surface area (TPSA) is 101 Å². The molecule has 6 atom stereocenters. The van der Waals surface area contributed by atoms with Crippen LogP contribution in [0.5, 0.6) is 0 Å². The van der Waals surface area contributed by atoms with Crippen LogP contribution in [0.3, 0.4) is 0 Å². The molecule has 0 aliphatic carbocycles. The second-order valence-corrected chi connectivity index (χ2v) is 12.4. The van der Waals surface area contributed by atoms with Crippen molar-refractivity contribution in [1.82, 2.24) is 14.8 Å². The number of aromatic nitrogens is 1. The van der Waals surface area contributed by atoms with Gasteiger partial charge >= 0.3 is 0 Å². The fourth-order valence-corrected chi connectivity index (χ4v) is 8.63. The molecule has 2 unspecified atom stereocenters. The van der Waals surface area contributed by atoms with Crippen molar-refractivity contribution in [2.45, 2.75) is 69.5 Å². The largest absolute Gasteiger partial charge is 0.366 e. The standard InChI is InChI=1S/C30H37N5O4/c36-28-8-3-7-26-21-13-22(18-33(26)28)29-24(15-20-14-23(35(38)39)9-10-27(20)34(29)17-21)30(37)31-16-19-5-4-12-32-11-2-1-6-25(19)32/h3,7-10,14,19,21-22,24-25,29H,1-2,4-6,11-13,15-18H2,(H,31,37)/t19-,21?,22?,24+,25+,29-/m0/s1. The van der Waals surface area contributed by atoms with Gasteiger partial charge in [0.05, 0.1) is 10.8 Å². The predicted molar refractivity (Wildman–Crippen MR) is 148 cm³/mol. The average molecular weight is 532 g/mol. The maximum Gasteiger partial charge on any atom is 0.269 e. The van der Waals surface area contributed by atoms with Crippen molar-refractivity contribution in [2.75, 3.05) is 31.1 Å². The van der Waals surface area contributed by atoms with Crippen molar-refractivity contribution < 1.29 is 9.72 Å². The molecule has 6 heterocycles. The van der Waals surface area contributed by atoms with Crippen molar-refractivity contribution in [1.29, 1.82) is 0 Å². The lowest BCUT2D eigenvalue weighted by Gasteiger charge is -2.54. The molecule has 9 nitrogen and oxygen atoms in total.